The number of nitrogen functional groups attached to an aromatic ring is 1. The van der Waals surface area contributed by atoms with Crippen LogP contribution in [-0.4, -0.2) is 28.6 Å². The van der Waals surface area contributed by atoms with Gasteiger partial charge in [-0.25, -0.2) is 21.6 Å². The van der Waals surface area contributed by atoms with Crippen molar-refractivity contribution in [2.45, 2.75) is 10.9 Å². The molecular formula is C10H11BrN2O4S2. The first kappa shape index (κ1) is 14.5. The summed E-state index contributed by atoms with van der Waals surface area (Å²) in [6, 6.07) is 3.44. The van der Waals surface area contributed by atoms with E-state index in [2.05, 4.69) is 20.7 Å². The fourth-order valence-corrected chi connectivity index (χ4v) is 4.68. The maximum absolute atomic E-state index is 12.1. The molecule has 0 saturated heterocycles. The van der Waals surface area contributed by atoms with Gasteiger partial charge in [0.2, 0.25) is 10.0 Å². The van der Waals surface area contributed by atoms with Crippen molar-refractivity contribution in [2.75, 3.05) is 11.5 Å². The zero-order valence-electron chi connectivity index (χ0n) is 9.58. The summed E-state index contributed by atoms with van der Waals surface area (Å²) in [5.74, 6) is -0.262. The standard InChI is InChI=1S/C10H11BrN2O4S2/c11-9-5-8(1-2-10(9)12)19(16,17)13-7-3-4-18(14,15)6-7/h1-5,7,13H,6,12H2. The van der Waals surface area contributed by atoms with Crippen molar-refractivity contribution in [1.82, 2.24) is 4.72 Å². The van der Waals surface area contributed by atoms with Gasteiger partial charge in [-0.2, -0.15) is 0 Å². The lowest BCUT2D eigenvalue weighted by Crippen LogP contribution is -2.35. The number of sulfonamides is 1. The highest BCUT2D eigenvalue weighted by molar-refractivity contribution is 9.10. The molecule has 1 aliphatic heterocycles. The summed E-state index contributed by atoms with van der Waals surface area (Å²) in [7, 11) is -7.09. The van der Waals surface area contributed by atoms with Crippen molar-refractivity contribution in [2.24, 2.45) is 0 Å². The molecule has 1 unspecified atom stereocenters. The number of hydrogen-bond donors (Lipinski definition) is 2. The lowest BCUT2D eigenvalue weighted by atomic mass is 10.3. The van der Waals surface area contributed by atoms with E-state index in [1.165, 1.54) is 24.3 Å². The molecule has 1 atom stereocenters. The summed E-state index contributed by atoms with van der Waals surface area (Å²) in [4.78, 5) is 0.0197. The van der Waals surface area contributed by atoms with Crippen LogP contribution in [0.5, 0.6) is 0 Å². The summed E-state index contributed by atoms with van der Waals surface area (Å²) in [5.41, 5.74) is 6.00. The molecule has 0 radical (unpaired) electrons. The molecule has 1 aromatic rings. The Bertz CT molecular complexity index is 741. The highest BCUT2D eigenvalue weighted by atomic mass is 79.9. The van der Waals surface area contributed by atoms with E-state index in [0.29, 0.717) is 10.2 Å². The van der Waals surface area contributed by atoms with Crippen LogP contribution < -0.4 is 10.5 Å². The van der Waals surface area contributed by atoms with Crippen molar-refractivity contribution in [1.29, 1.82) is 0 Å². The summed E-state index contributed by atoms with van der Waals surface area (Å²) in [6.45, 7) is 0. The van der Waals surface area contributed by atoms with E-state index < -0.39 is 25.9 Å². The number of anilines is 1. The van der Waals surface area contributed by atoms with Crippen molar-refractivity contribution >= 4 is 41.5 Å². The second-order valence-corrected chi connectivity index (χ2v) is 8.57. The maximum Gasteiger partial charge on any atom is 0.241 e. The Morgan fingerprint density at radius 3 is 2.58 bits per heavy atom. The number of halogens is 1. The smallest absolute Gasteiger partial charge is 0.241 e. The van der Waals surface area contributed by atoms with E-state index in [9.17, 15) is 16.8 Å². The minimum absolute atomic E-state index is 0.0197. The molecule has 0 aliphatic carbocycles. The lowest BCUT2D eigenvalue weighted by molar-refractivity contribution is 0.575. The van der Waals surface area contributed by atoms with Gasteiger partial charge in [0.25, 0.3) is 0 Å². The van der Waals surface area contributed by atoms with Crippen LogP contribution >= 0.6 is 15.9 Å². The largest absolute Gasteiger partial charge is 0.398 e. The molecule has 0 fully saturated rings. The number of hydrogen-bond acceptors (Lipinski definition) is 5. The van der Waals surface area contributed by atoms with Crippen LogP contribution in [0.2, 0.25) is 0 Å². The van der Waals surface area contributed by atoms with E-state index in [0.717, 1.165) is 5.41 Å². The quantitative estimate of drug-likeness (QED) is 0.762. The number of nitrogens with two attached hydrogens (primary N) is 1. The predicted molar refractivity (Wildman–Crippen MR) is 75.6 cm³/mol. The van der Waals surface area contributed by atoms with Crippen molar-refractivity contribution in [3.05, 3.63) is 34.2 Å². The molecule has 0 amide bonds. The molecule has 1 heterocycles. The third kappa shape index (κ3) is 3.35. The van der Waals surface area contributed by atoms with Crippen LogP contribution in [0, 0.1) is 0 Å². The van der Waals surface area contributed by atoms with Gasteiger partial charge >= 0.3 is 0 Å². The molecule has 0 bridgehead atoms. The summed E-state index contributed by atoms with van der Waals surface area (Å²) in [6.07, 6.45) is 1.32. The second kappa shape index (κ2) is 4.89. The predicted octanol–water partition coefficient (Wildman–Crippen LogP) is 0.620. The molecule has 1 aromatic carbocycles. The average Bonchev–Trinajstić information content (AvgIpc) is 2.61. The van der Waals surface area contributed by atoms with Crippen LogP contribution in [0.1, 0.15) is 0 Å². The van der Waals surface area contributed by atoms with Crippen LogP contribution in [0.3, 0.4) is 0 Å². The summed E-state index contributed by atoms with van der Waals surface area (Å²) in [5, 5.41) is 1.01. The van der Waals surface area contributed by atoms with Gasteiger partial charge in [-0.1, -0.05) is 6.08 Å². The van der Waals surface area contributed by atoms with Crippen LogP contribution in [0.15, 0.2) is 39.1 Å². The molecule has 2 rings (SSSR count). The molecule has 104 valence electrons. The normalized spacial score (nSPS) is 21.6. The molecular weight excluding hydrogens is 356 g/mol. The molecule has 3 N–H and O–H groups in total. The first-order chi connectivity index (χ1) is 8.70. The van der Waals surface area contributed by atoms with Crippen molar-refractivity contribution in [3.8, 4) is 0 Å². The third-order valence-corrected chi connectivity index (χ3v) is 6.09. The Kier molecular flexibility index (Phi) is 3.74. The van der Waals surface area contributed by atoms with Crippen LogP contribution in [-0.2, 0) is 19.9 Å². The Morgan fingerprint density at radius 1 is 1.37 bits per heavy atom. The Labute approximate surface area is 119 Å². The maximum atomic E-state index is 12.1. The first-order valence-electron chi connectivity index (χ1n) is 5.18. The summed E-state index contributed by atoms with van der Waals surface area (Å²) < 4.78 is 49.3. The first-order valence-corrected chi connectivity index (χ1v) is 9.17. The Morgan fingerprint density at radius 2 is 2.05 bits per heavy atom. The lowest BCUT2D eigenvalue weighted by Gasteiger charge is -2.11. The monoisotopic (exact) mass is 366 g/mol. The highest BCUT2D eigenvalue weighted by Crippen LogP contribution is 2.23. The van der Waals surface area contributed by atoms with Gasteiger partial charge in [-0.3, -0.25) is 0 Å². The van der Waals surface area contributed by atoms with Gasteiger partial charge in [0.05, 0.1) is 16.7 Å². The van der Waals surface area contributed by atoms with E-state index in [1.807, 2.05) is 0 Å². The van der Waals surface area contributed by atoms with E-state index in [4.69, 9.17) is 5.73 Å². The van der Waals surface area contributed by atoms with E-state index >= 15 is 0 Å². The molecule has 6 nitrogen and oxygen atoms in total. The molecule has 1 aliphatic rings. The molecule has 19 heavy (non-hydrogen) atoms. The Hall–Kier alpha value is -0.900. The number of rotatable bonds is 3. The third-order valence-electron chi connectivity index (χ3n) is 2.52. The van der Waals surface area contributed by atoms with Gasteiger partial charge in [0, 0.05) is 15.6 Å². The van der Waals surface area contributed by atoms with E-state index in [1.54, 1.807) is 0 Å². The summed E-state index contributed by atoms with van der Waals surface area (Å²) >= 11 is 3.14. The second-order valence-electron chi connectivity index (χ2n) is 4.07. The molecule has 0 saturated carbocycles. The van der Waals surface area contributed by atoms with Gasteiger partial charge in [0.1, 0.15) is 0 Å². The van der Waals surface area contributed by atoms with E-state index in [-0.39, 0.29) is 10.6 Å². The fourth-order valence-electron chi connectivity index (χ4n) is 1.59. The van der Waals surface area contributed by atoms with Crippen molar-refractivity contribution in [3.63, 3.8) is 0 Å². The average molecular weight is 367 g/mol. The minimum atomic E-state index is -3.78. The van der Waals surface area contributed by atoms with Gasteiger partial charge in [0.15, 0.2) is 9.84 Å². The topological polar surface area (TPSA) is 106 Å². The molecule has 9 heteroatoms. The van der Waals surface area contributed by atoms with Gasteiger partial charge < -0.3 is 5.73 Å². The zero-order valence-corrected chi connectivity index (χ0v) is 12.8. The van der Waals surface area contributed by atoms with Crippen LogP contribution in [0.4, 0.5) is 5.69 Å². The molecule has 0 spiro atoms. The van der Waals surface area contributed by atoms with Crippen molar-refractivity contribution < 1.29 is 16.8 Å². The highest BCUT2D eigenvalue weighted by Gasteiger charge is 2.26. The fraction of sp³-hybridized carbons (Fsp3) is 0.200. The SMILES string of the molecule is Nc1ccc(S(=O)(=O)NC2C=CS(=O)(=O)C2)cc1Br. The number of nitrogens with one attached hydrogen (secondary N) is 1. The Balaban J connectivity index is 2.24. The zero-order chi connectivity index (χ0) is 14.3. The van der Waals surface area contributed by atoms with Crippen LogP contribution in [0.25, 0.3) is 0 Å². The van der Waals surface area contributed by atoms with Gasteiger partial charge in [-0.05, 0) is 34.1 Å². The minimum Gasteiger partial charge on any atom is -0.398 e. The number of benzene rings is 1. The molecule has 0 aromatic heterocycles. The number of sulfone groups is 1. The van der Waals surface area contributed by atoms with Gasteiger partial charge in [-0.15, -0.1) is 0 Å².